The summed E-state index contributed by atoms with van der Waals surface area (Å²) in [5.41, 5.74) is 4.08. The average Bonchev–Trinajstić information content (AvgIpc) is 2.67. The van der Waals surface area contributed by atoms with Gasteiger partial charge in [0.15, 0.2) is 0 Å². The Hall–Kier alpha value is 0.145. The zero-order valence-electron chi connectivity index (χ0n) is 12.9. The van der Waals surface area contributed by atoms with Crippen LogP contribution in [0.25, 0.3) is 0 Å². The molecule has 106 valence electrons. The van der Waals surface area contributed by atoms with Crippen LogP contribution < -0.4 is 4.90 Å². The minimum atomic E-state index is -0.858. The van der Waals surface area contributed by atoms with Crippen LogP contribution in [0.5, 0.6) is 0 Å². The molecule has 20 heavy (non-hydrogen) atoms. The summed E-state index contributed by atoms with van der Waals surface area (Å²) in [6.07, 6.45) is 3.48. The Kier molecular flexibility index (Phi) is 6.75. The van der Waals surface area contributed by atoms with Crippen LogP contribution >= 0.6 is 0 Å². The zero-order valence-corrected chi connectivity index (χ0v) is 17.6. The van der Waals surface area contributed by atoms with Gasteiger partial charge >= 0.3 is 114 Å². The van der Waals surface area contributed by atoms with Crippen LogP contribution in [0.15, 0.2) is 18.2 Å². The quantitative estimate of drug-likeness (QED) is 0.731. The third-order valence-electron chi connectivity index (χ3n) is 4.19. The molecule has 1 heterocycles. The Balaban J connectivity index is 0.000000639. The van der Waals surface area contributed by atoms with Crippen LogP contribution in [0, 0.1) is 0 Å². The fourth-order valence-electron chi connectivity index (χ4n) is 3.53. The molecule has 1 aromatic carbocycles. The van der Waals surface area contributed by atoms with Gasteiger partial charge < -0.3 is 0 Å². The van der Waals surface area contributed by atoms with E-state index in [0.29, 0.717) is 5.91 Å². The first kappa shape index (κ1) is 18.2. The molecule has 0 saturated carbocycles. The minimum Gasteiger partial charge on any atom is 0 e. The summed E-state index contributed by atoms with van der Waals surface area (Å²) in [6.45, 7) is 6.26. The minimum absolute atomic E-state index is 0. The standard InChI is InChI=1S/C12H12NO.C2H6.C2H5.In.V/c1-13-10-7-3-5-8-4-2-6-9(11(8)10)12(13)14;2*1-2;;/h3,5,7H,2,4,6H2,1H3;1-2H3;1H2,2H3;;. The van der Waals surface area contributed by atoms with Gasteiger partial charge in [-0.2, -0.15) is 0 Å². The van der Waals surface area contributed by atoms with E-state index < -0.39 is 22.9 Å². The van der Waals surface area contributed by atoms with Gasteiger partial charge in [-0.15, -0.1) is 0 Å². The topological polar surface area (TPSA) is 20.3 Å². The number of carbonyl (C=O) groups excluding carboxylic acids is 1. The van der Waals surface area contributed by atoms with Crippen molar-refractivity contribution < 1.29 is 23.4 Å². The molecule has 0 N–H and O–H groups in total. The maximum atomic E-state index is 12.7. The third-order valence-corrected chi connectivity index (χ3v) is 9.70. The number of carbonyl (C=O) groups is 1. The molecule has 0 aromatic heterocycles. The molecule has 1 atom stereocenters. The van der Waals surface area contributed by atoms with Crippen molar-refractivity contribution in [2.45, 2.75) is 47.4 Å². The first-order valence-electron chi connectivity index (χ1n) is 7.45. The van der Waals surface area contributed by atoms with Gasteiger partial charge in [-0.1, -0.05) is 13.8 Å². The van der Waals surface area contributed by atoms with Crippen molar-refractivity contribution in [2.24, 2.45) is 0 Å². The molecule has 4 heteroatoms. The Morgan fingerprint density at radius 3 is 2.70 bits per heavy atom. The van der Waals surface area contributed by atoms with Crippen LogP contribution in [-0.4, -0.2) is 35.9 Å². The van der Waals surface area contributed by atoms with Crippen molar-refractivity contribution >= 4 is 34.5 Å². The first-order chi connectivity index (χ1) is 9.20. The number of likely N-dealkylation sites (N-methyl/N-ethyl adjacent to an activating group) is 1. The Labute approximate surface area is 145 Å². The maximum Gasteiger partial charge on any atom is 0 e. The van der Waals surface area contributed by atoms with E-state index in [-0.39, 0.29) is 21.7 Å². The molecular weight excluding hydrogens is 388 g/mol. The molecule has 1 aliphatic carbocycles. The van der Waals surface area contributed by atoms with E-state index in [1.54, 1.807) is 0 Å². The van der Waals surface area contributed by atoms with Gasteiger partial charge in [-0.3, -0.25) is 0 Å². The summed E-state index contributed by atoms with van der Waals surface area (Å²) in [7, 11) is 1.95. The Bertz CT molecular complexity index is 491. The van der Waals surface area contributed by atoms with Gasteiger partial charge in [-0.25, -0.2) is 0 Å². The van der Waals surface area contributed by atoms with Crippen LogP contribution in [-0.2, 0) is 32.9 Å². The zero-order chi connectivity index (χ0) is 14.0. The van der Waals surface area contributed by atoms with Crippen LogP contribution in [0.1, 0.15) is 44.7 Å². The second-order valence-corrected chi connectivity index (χ2v) is 11.4. The fraction of sp³-hybridized carbons (Fsp3) is 0.562. The summed E-state index contributed by atoms with van der Waals surface area (Å²) >= 11 is -0.858. The number of amides is 1. The molecule has 2 nitrogen and oxygen atoms in total. The Morgan fingerprint density at radius 2 is 2.05 bits per heavy atom. The van der Waals surface area contributed by atoms with Crippen molar-refractivity contribution in [1.29, 1.82) is 0 Å². The SMILES string of the molecule is CC.C[CH2][In][C]12CCCc3cccc(c31)N(C)C2=O.[V]. The monoisotopic (exact) mass is 411 g/mol. The average molecular weight is 411 g/mol. The van der Waals surface area contributed by atoms with E-state index in [9.17, 15) is 4.79 Å². The molecule has 1 amide bonds. The largest absolute Gasteiger partial charge is 0 e. The van der Waals surface area contributed by atoms with Gasteiger partial charge in [0, 0.05) is 18.6 Å². The van der Waals surface area contributed by atoms with E-state index in [4.69, 9.17) is 0 Å². The predicted molar refractivity (Wildman–Crippen MR) is 82.1 cm³/mol. The second kappa shape index (κ2) is 7.42. The van der Waals surface area contributed by atoms with E-state index in [0.717, 1.165) is 6.42 Å². The normalized spacial score (nSPS) is 22.4. The van der Waals surface area contributed by atoms with Gasteiger partial charge in [-0.05, 0) is 0 Å². The smallest absolute Gasteiger partial charge is 0 e. The van der Waals surface area contributed by atoms with Gasteiger partial charge in [0.05, 0.1) is 0 Å². The summed E-state index contributed by atoms with van der Waals surface area (Å²) in [5, 5.41) is 0. The number of nitrogens with zero attached hydrogens (tertiary/aromatic N) is 1. The molecule has 2 radical (unpaired) electrons. The number of rotatable bonds is 2. The summed E-state index contributed by atoms with van der Waals surface area (Å²) in [6, 6.07) is 6.47. The second-order valence-electron chi connectivity index (χ2n) is 5.11. The van der Waals surface area contributed by atoms with Crippen LogP contribution in [0.4, 0.5) is 5.69 Å². The molecule has 1 aliphatic heterocycles. The van der Waals surface area contributed by atoms with Crippen molar-refractivity contribution in [3.8, 4) is 0 Å². The molecule has 0 bridgehead atoms. The number of hydrogen-bond acceptors (Lipinski definition) is 1. The molecule has 0 saturated heterocycles. The Morgan fingerprint density at radius 1 is 1.35 bits per heavy atom. The summed E-state index contributed by atoms with van der Waals surface area (Å²) < 4.78 is 1.27. The van der Waals surface area contributed by atoms with Gasteiger partial charge in [0.25, 0.3) is 0 Å². The van der Waals surface area contributed by atoms with Crippen molar-refractivity contribution in [3.63, 3.8) is 0 Å². The predicted octanol–water partition coefficient (Wildman–Crippen LogP) is 3.36. The molecular formula is C16H23InNOV. The van der Waals surface area contributed by atoms with E-state index in [2.05, 4.69) is 25.1 Å². The summed E-state index contributed by atoms with van der Waals surface area (Å²) in [5.74, 6) is 0.405. The van der Waals surface area contributed by atoms with E-state index in [1.807, 2.05) is 25.8 Å². The molecule has 0 spiro atoms. The van der Waals surface area contributed by atoms with Crippen LogP contribution in [0.2, 0.25) is 4.18 Å². The summed E-state index contributed by atoms with van der Waals surface area (Å²) in [4.78, 5) is 14.6. The molecule has 1 unspecified atom stereocenters. The molecule has 0 fully saturated rings. The maximum absolute atomic E-state index is 12.7. The first-order valence-corrected chi connectivity index (χ1v) is 11.4. The number of aryl methyl sites for hydroxylation is 1. The van der Waals surface area contributed by atoms with Crippen molar-refractivity contribution in [2.75, 3.05) is 11.9 Å². The fourth-order valence-corrected chi connectivity index (χ4v) is 9.27. The van der Waals surface area contributed by atoms with Crippen molar-refractivity contribution in [1.82, 2.24) is 0 Å². The number of hydrogen-bond donors (Lipinski definition) is 0. The van der Waals surface area contributed by atoms with E-state index >= 15 is 0 Å². The number of anilines is 1. The van der Waals surface area contributed by atoms with Crippen molar-refractivity contribution in [3.05, 3.63) is 29.3 Å². The number of benzene rings is 1. The molecule has 1 aromatic rings. The third kappa shape index (κ3) is 2.62. The van der Waals surface area contributed by atoms with E-state index in [1.165, 1.54) is 33.8 Å². The van der Waals surface area contributed by atoms with Crippen LogP contribution in [0.3, 0.4) is 0 Å². The van der Waals surface area contributed by atoms with Gasteiger partial charge in [0.1, 0.15) is 0 Å². The van der Waals surface area contributed by atoms with Gasteiger partial charge in [0.2, 0.25) is 0 Å². The molecule has 3 rings (SSSR count). The molecule has 2 aliphatic rings.